The van der Waals surface area contributed by atoms with Crippen molar-refractivity contribution in [1.29, 1.82) is 0 Å². The fraction of sp³-hybridized carbons (Fsp3) is 0.438. The van der Waals surface area contributed by atoms with E-state index in [1.54, 1.807) is 0 Å². The molecule has 1 aromatic carbocycles. The highest BCUT2D eigenvalue weighted by molar-refractivity contribution is 5.78. The van der Waals surface area contributed by atoms with Gasteiger partial charge in [-0.25, -0.2) is 0 Å². The topological polar surface area (TPSA) is 37.3 Å². The molecule has 2 nitrogen and oxygen atoms in total. The molecule has 1 aromatic rings. The fourth-order valence-electron chi connectivity index (χ4n) is 2.53. The van der Waals surface area contributed by atoms with Crippen LogP contribution in [0.15, 0.2) is 30.3 Å². The van der Waals surface area contributed by atoms with Gasteiger partial charge in [-0.2, -0.15) is 0 Å². The lowest BCUT2D eigenvalue weighted by Crippen LogP contribution is -2.28. The van der Waals surface area contributed by atoms with Gasteiger partial charge in [-0.3, -0.25) is 4.79 Å². The third kappa shape index (κ3) is 2.47. The summed E-state index contributed by atoms with van der Waals surface area (Å²) in [6.07, 6.45) is 3.73. The molecule has 2 rings (SSSR count). The fourth-order valence-corrected chi connectivity index (χ4v) is 2.53. The Morgan fingerprint density at radius 2 is 2.00 bits per heavy atom. The van der Waals surface area contributed by atoms with Gasteiger partial charge in [0.15, 0.2) is 0 Å². The number of carbonyl (C=O) groups is 1. The van der Waals surface area contributed by atoms with Gasteiger partial charge in [0.25, 0.3) is 0 Å². The van der Waals surface area contributed by atoms with E-state index in [4.69, 9.17) is 0 Å². The van der Waals surface area contributed by atoms with Crippen LogP contribution in [0.1, 0.15) is 38.3 Å². The number of aliphatic carboxylic acids is 1. The van der Waals surface area contributed by atoms with E-state index in [0.29, 0.717) is 6.42 Å². The molecule has 2 heteroatoms. The summed E-state index contributed by atoms with van der Waals surface area (Å²) in [7, 11) is 0. The largest absolute Gasteiger partial charge is 0.481 e. The van der Waals surface area contributed by atoms with Crippen molar-refractivity contribution in [3.63, 3.8) is 0 Å². The van der Waals surface area contributed by atoms with Crippen molar-refractivity contribution in [1.82, 2.24) is 0 Å². The molecule has 1 unspecified atom stereocenters. The van der Waals surface area contributed by atoms with E-state index in [0.717, 1.165) is 6.42 Å². The summed E-state index contributed by atoms with van der Waals surface area (Å²) in [5.74, 6) is -1.04. The molecule has 18 heavy (non-hydrogen) atoms. The molecular weight excluding hydrogens is 224 g/mol. The van der Waals surface area contributed by atoms with Crippen LogP contribution in [0.5, 0.6) is 0 Å². The Bertz CT molecular complexity index is 492. The van der Waals surface area contributed by atoms with E-state index >= 15 is 0 Å². The van der Waals surface area contributed by atoms with Crippen LogP contribution >= 0.6 is 0 Å². The second-order valence-corrected chi connectivity index (χ2v) is 6.05. The molecule has 1 aliphatic carbocycles. The SMILES string of the molecule is CC(C)(C)C(CC1=CCc2ccccc21)C(=O)O. The smallest absolute Gasteiger partial charge is 0.307 e. The van der Waals surface area contributed by atoms with Crippen LogP contribution in [0.2, 0.25) is 0 Å². The molecule has 0 radical (unpaired) electrons. The van der Waals surface area contributed by atoms with Crippen molar-refractivity contribution in [2.75, 3.05) is 0 Å². The minimum Gasteiger partial charge on any atom is -0.481 e. The molecule has 96 valence electrons. The van der Waals surface area contributed by atoms with Crippen molar-refractivity contribution in [2.24, 2.45) is 11.3 Å². The number of hydrogen-bond donors (Lipinski definition) is 1. The molecule has 0 saturated carbocycles. The number of fused-ring (bicyclic) bond motifs is 1. The van der Waals surface area contributed by atoms with E-state index in [1.807, 2.05) is 32.9 Å². The maximum Gasteiger partial charge on any atom is 0.307 e. The molecule has 0 amide bonds. The van der Waals surface area contributed by atoms with Gasteiger partial charge < -0.3 is 5.11 Å². The van der Waals surface area contributed by atoms with Gasteiger partial charge in [0, 0.05) is 0 Å². The molecule has 0 aliphatic heterocycles. The Labute approximate surface area is 108 Å². The molecule has 0 aromatic heterocycles. The van der Waals surface area contributed by atoms with Crippen LogP contribution in [0.3, 0.4) is 0 Å². The first-order valence-electron chi connectivity index (χ1n) is 6.39. The first-order chi connectivity index (χ1) is 8.39. The van der Waals surface area contributed by atoms with Crippen LogP contribution in [-0.4, -0.2) is 11.1 Å². The highest BCUT2D eigenvalue weighted by atomic mass is 16.4. The first-order valence-corrected chi connectivity index (χ1v) is 6.39. The summed E-state index contributed by atoms with van der Waals surface area (Å²) in [5.41, 5.74) is 3.51. The standard InChI is InChI=1S/C16H20O2/c1-16(2,3)14(15(17)18)10-12-9-8-11-6-4-5-7-13(11)12/h4-7,9,14H,8,10H2,1-3H3,(H,17,18). The lowest BCUT2D eigenvalue weighted by atomic mass is 9.76. The Kier molecular flexibility index (Phi) is 3.29. The Morgan fingerprint density at radius 1 is 1.33 bits per heavy atom. The second-order valence-electron chi connectivity index (χ2n) is 6.05. The molecule has 1 atom stereocenters. The lowest BCUT2D eigenvalue weighted by Gasteiger charge is -2.27. The monoisotopic (exact) mass is 244 g/mol. The van der Waals surface area contributed by atoms with Gasteiger partial charge in [-0.1, -0.05) is 51.1 Å². The zero-order valence-electron chi connectivity index (χ0n) is 11.2. The van der Waals surface area contributed by atoms with Crippen molar-refractivity contribution in [3.05, 3.63) is 41.5 Å². The molecule has 1 aliphatic rings. The summed E-state index contributed by atoms with van der Waals surface area (Å²) in [4.78, 5) is 11.4. The van der Waals surface area contributed by atoms with Gasteiger partial charge >= 0.3 is 5.97 Å². The molecular formula is C16H20O2. The Morgan fingerprint density at radius 3 is 2.61 bits per heavy atom. The third-order valence-electron chi connectivity index (χ3n) is 3.70. The maximum absolute atomic E-state index is 11.4. The van der Waals surface area contributed by atoms with Gasteiger partial charge in [-0.05, 0) is 35.0 Å². The number of rotatable bonds is 3. The van der Waals surface area contributed by atoms with Gasteiger partial charge in [0.05, 0.1) is 5.92 Å². The molecule has 0 spiro atoms. The van der Waals surface area contributed by atoms with Gasteiger partial charge in [0.1, 0.15) is 0 Å². The highest BCUT2D eigenvalue weighted by Gasteiger charge is 2.32. The molecule has 0 bridgehead atoms. The van der Waals surface area contributed by atoms with E-state index < -0.39 is 5.97 Å². The molecule has 0 heterocycles. The van der Waals surface area contributed by atoms with Gasteiger partial charge in [-0.15, -0.1) is 0 Å². The van der Waals surface area contributed by atoms with Gasteiger partial charge in [0.2, 0.25) is 0 Å². The summed E-state index contributed by atoms with van der Waals surface area (Å²) in [6.45, 7) is 5.98. The lowest BCUT2D eigenvalue weighted by molar-refractivity contribution is -0.145. The average molecular weight is 244 g/mol. The summed E-state index contributed by atoms with van der Waals surface area (Å²) in [5, 5.41) is 9.39. The predicted octanol–water partition coefficient (Wildman–Crippen LogP) is 3.76. The molecule has 0 saturated heterocycles. The third-order valence-corrected chi connectivity index (χ3v) is 3.70. The van der Waals surface area contributed by atoms with Crippen molar-refractivity contribution in [3.8, 4) is 0 Å². The summed E-state index contributed by atoms with van der Waals surface area (Å²) < 4.78 is 0. The zero-order valence-corrected chi connectivity index (χ0v) is 11.2. The zero-order chi connectivity index (χ0) is 13.3. The quantitative estimate of drug-likeness (QED) is 0.879. The van der Waals surface area contributed by atoms with Crippen LogP contribution in [0.4, 0.5) is 0 Å². The van der Waals surface area contributed by atoms with Crippen LogP contribution < -0.4 is 0 Å². The molecule has 0 fully saturated rings. The van der Waals surface area contributed by atoms with E-state index in [1.165, 1.54) is 16.7 Å². The second kappa shape index (κ2) is 4.60. The van der Waals surface area contributed by atoms with Crippen molar-refractivity contribution >= 4 is 11.5 Å². The maximum atomic E-state index is 11.4. The van der Waals surface area contributed by atoms with E-state index in [-0.39, 0.29) is 11.3 Å². The summed E-state index contributed by atoms with van der Waals surface area (Å²) in [6, 6.07) is 8.26. The Hall–Kier alpha value is -1.57. The van der Waals surface area contributed by atoms with Crippen molar-refractivity contribution < 1.29 is 9.90 Å². The van der Waals surface area contributed by atoms with E-state index in [2.05, 4.69) is 18.2 Å². The van der Waals surface area contributed by atoms with Crippen LogP contribution in [0.25, 0.3) is 5.57 Å². The summed E-state index contributed by atoms with van der Waals surface area (Å²) >= 11 is 0. The number of carboxylic acids is 1. The number of hydrogen-bond acceptors (Lipinski definition) is 1. The number of benzene rings is 1. The Balaban J connectivity index is 2.23. The molecule has 1 N–H and O–H groups in total. The first kappa shape index (κ1) is 12.9. The number of carboxylic acid groups (broad SMARTS) is 1. The average Bonchev–Trinajstić information content (AvgIpc) is 2.67. The van der Waals surface area contributed by atoms with Crippen LogP contribution in [-0.2, 0) is 11.2 Å². The minimum atomic E-state index is -0.701. The predicted molar refractivity (Wildman–Crippen MR) is 73.3 cm³/mol. The normalized spacial score (nSPS) is 16.1. The highest BCUT2D eigenvalue weighted by Crippen LogP contribution is 2.38. The number of allylic oxidation sites excluding steroid dienone is 2. The minimum absolute atomic E-state index is 0.218. The van der Waals surface area contributed by atoms with E-state index in [9.17, 15) is 9.90 Å². The van der Waals surface area contributed by atoms with Crippen LogP contribution in [0, 0.1) is 11.3 Å². The van der Waals surface area contributed by atoms with Crippen molar-refractivity contribution in [2.45, 2.75) is 33.6 Å².